The molecule has 1 heterocycles. The predicted octanol–water partition coefficient (Wildman–Crippen LogP) is 3.46. The lowest BCUT2D eigenvalue weighted by Crippen LogP contribution is -2.16. The van der Waals surface area contributed by atoms with E-state index in [-0.39, 0.29) is 12.2 Å². The number of hydrogen-bond acceptors (Lipinski definition) is 4. The summed E-state index contributed by atoms with van der Waals surface area (Å²) in [6.45, 7) is 2.10. The summed E-state index contributed by atoms with van der Waals surface area (Å²) in [6, 6.07) is 16.2. The fourth-order valence-electron chi connectivity index (χ4n) is 2.12. The van der Waals surface area contributed by atoms with E-state index in [1.165, 1.54) is 6.07 Å². The lowest BCUT2D eigenvalue weighted by atomic mass is 10.1. The number of rotatable bonds is 3. The van der Waals surface area contributed by atoms with Gasteiger partial charge in [-0.1, -0.05) is 48.0 Å². The first-order chi connectivity index (χ1) is 10.6. The topological polar surface area (TPSA) is 56.5 Å². The number of aryl methyl sites for hydroxylation is 1. The Labute approximate surface area is 127 Å². The third-order valence-corrected chi connectivity index (χ3v) is 3.35. The number of carbonyl (C=O) groups is 1. The van der Waals surface area contributed by atoms with Crippen molar-refractivity contribution in [1.82, 2.24) is 0 Å². The molecule has 0 aliphatic heterocycles. The Morgan fingerprint density at radius 1 is 1.09 bits per heavy atom. The lowest BCUT2D eigenvalue weighted by molar-refractivity contribution is 0.0468. The molecule has 0 fully saturated rings. The minimum Gasteiger partial charge on any atom is -0.457 e. The van der Waals surface area contributed by atoms with Crippen LogP contribution in [0.2, 0.25) is 0 Å². The summed E-state index contributed by atoms with van der Waals surface area (Å²) in [5.41, 5.74) is 1.66. The van der Waals surface area contributed by atoms with Crippen molar-refractivity contribution in [2.24, 2.45) is 0 Å². The Hall–Kier alpha value is -2.88. The van der Waals surface area contributed by atoms with E-state index in [9.17, 15) is 9.59 Å². The Balaban J connectivity index is 1.81. The number of hydrogen-bond donors (Lipinski definition) is 0. The summed E-state index contributed by atoms with van der Waals surface area (Å²) >= 11 is 0. The molecule has 0 unspecified atom stereocenters. The van der Waals surface area contributed by atoms with Crippen molar-refractivity contribution < 1.29 is 13.9 Å². The van der Waals surface area contributed by atoms with Crippen LogP contribution in [-0.2, 0) is 11.3 Å². The average molecular weight is 294 g/mol. The molecule has 0 radical (unpaired) electrons. The monoisotopic (exact) mass is 294 g/mol. The molecule has 4 nitrogen and oxygen atoms in total. The highest BCUT2D eigenvalue weighted by molar-refractivity contribution is 5.92. The number of ether oxygens (including phenoxy) is 1. The Kier molecular flexibility index (Phi) is 3.74. The maximum absolute atomic E-state index is 12.1. The van der Waals surface area contributed by atoms with E-state index in [4.69, 9.17) is 9.15 Å². The minimum atomic E-state index is -0.687. The van der Waals surface area contributed by atoms with Gasteiger partial charge >= 0.3 is 11.6 Å². The average Bonchev–Trinajstić information content (AvgIpc) is 2.53. The SMILES string of the molecule is Cc1ccc(COC(=O)c2cc3ccccc3oc2=O)cc1. The van der Waals surface area contributed by atoms with E-state index in [1.54, 1.807) is 18.2 Å². The van der Waals surface area contributed by atoms with Crippen LogP contribution >= 0.6 is 0 Å². The van der Waals surface area contributed by atoms with Gasteiger partial charge in [0.05, 0.1) is 0 Å². The van der Waals surface area contributed by atoms with Crippen LogP contribution in [0.3, 0.4) is 0 Å². The van der Waals surface area contributed by atoms with Gasteiger partial charge in [0.25, 0.3) is 0 Å². The number of esters is 1. The van der Waals surface area contributed by atoms with Crippen LogP contribution in [0, 0.1) is 6.92 Å². The summed E-state index contributed by atoms with van der Waals surface area (Å²) in [4.78, 5) is 23.9. The first-order valence-electron chi connectivity index (χ1n) is 6.89. The van der Waals surface area contributed by atoms with Crippen molar-refractivity contribution in [3.05, 3.63) is 81.7 Å². The zero-order chi connectivity index (χ0) is 15.5. The lowest BCUT2D eigenvalue weighted by Gasteiger charge is -2.05. The molecule has 0 aliphatic carbocycles. The smallest absolute Gasteiger partial charge is 0.351 e. The molecule has 0 saturated heterocycles. The third-order valence-electron chi connectivity index (χ3n) is 3.35. The summed E-state index contributed by atoms with van der Waals surface area (Å²) in [5, 5.41) is 0.685. The van der Waals surface area contributed by atoms with Gasteiger partial charge in [-0.25, -0.2) is 9.59 Å². The van der Waals surface area contributed by atoms with Gasteiger partial charge < -0.3 is 9.15 Å². The van der Waals surface area contributed by atoms with Crippen LogP contribution in [0.5, 0.6) is 0 Å². The molecule has 0 aliphatic rings. The molecule has 3 rings (SSSR count). The molecule has 2 aromatic carbocycles. The van der Waals surface area contributed by atoms with Crippen LogP contribution in [-0.4, -0.2) is 5.97 Å². The molecule has 110 valence electrons. The minimum absolute atomic E-state index is 0.0918. The Morgan fingerprint density at radius 3 is 2.59 bits per heavy atom. The van der Waals surface area contributed by atoms with Gasteiger partial charge in [-0.15, -0.1) is 0 Å². The van der Waals surface area contributed by atoms with Crippen LogP contribution < -0.4 is 5.63 Å². The molecular weight excluding hydrogens is 280 g/mol. The molecule has 0 spiro atoms. The van der Waals surface area contributed by atoms with E-state index in [0.717, 1.165) is 11.1 Å². The summed E-state index contributed by atoms with van der Waals surface area (Å²) in [5.74, 6) is -0.680. The zero-order valence-corrected chi connectivity index (χ0v) is 12.0. The van der Waals surface area contributed by atoms with Crippen molar-refractivity contribution >= 4 is 16.9 Å². The third kappa shape index (κ3) is 2.91. The van der Waals surface area contributed by atoms with E-state index in [2.05, 4.69) is 0 Å². The molecule has 0 saturated carbocycles. The molecule has 0 amide bonds. The van der Waals surface area contributed by atoms with Gasteiger partial charge in [0.15, 0.2) is 0 Å². The normalized spacial score (nSPS) is 10.6. The van der Waals surface area contributed by atoms with Gasteiger partial charge in [0, 0.05) is 5.39 Å². The highest BCUT2D eigenvalue weighted by Crippen LogP contribution is 2.13. The summed E-state index contributed by atoms with van der Waals surface area (Å²) in [7, 11) is 0. The predicted molar refractivity (Wildman–Crippen MR) is 82.8 cm³/mol. The molecule has 0 bridgehead atoms. The first-order valence-corrected chi connectivity index (χ1v) is 6.89. The van der Waals surface area contributed by atoms with Gasteiger partial charge in [-0.3, -0.25) is 0 Å². The fraction of sp³-hybridized carbons (Fsp3) is 0.111. The van der Waals surface area contributed by atoms with Gasteiger partial charge in [-0.05, 0) is 24.6 Å². The maximum Gasteiger partial charge on any atom is 0.351 e. The van der Waals surface area contributed by atoms with Gasteiger partial charge in [0.1, 0.15) is 17.8 Å². The highest BCUT2D eigenvalue weighted by Gasteiger charge is 2.15. The standard InChI is InChI=1S/C18H14O4/c1-12-6-8-13(9-7-12)11-21-17(19)15-10-14-4-2-3-5-16(14)22-18(15)20/h2-10H,11H2,1H3. The maximum atomic E-state index is 12.1. The van der Waals surface area contributed by atoms with Crippen molar-refractivity contribution in [2.75, 3.05) is 0 Å². The number of benzene rings is 2. The number of carbonyl (C=O) groups excluding carboxylic acids is 1. The second-order valence-electron chi connectivity index (χ2n) is 5.05. The van der Waals surface area contributed by atoms with Crippen molar-refractivity contribution in [2.45, 2.75) is 13.5 Å². The van der Waals surface area contributed by atoms with E-state index < -0.39 is 11.6 Å². The molecule has 3 aromatic rings. The fourth-order valence-corrected chi connectivity index (χ4v) is 2.12. The molecule has 1 aromatic heterocycles. The molecule has 22 heavy (non-hydrogen) atoms. The van der Waals surface area contributed by atoms with E-state index in [0.29, 0.717) is 11.0 Å². The first kappa shape index (κ1) is 14.1. The second kappa shape index (κ2) is 5.85. The van der Waals surface area contributed by atoms with E-state index >= 15 is 0 Å². The van der Waals surface area contributed by atoms with Gasteiger partial charge in [0.2, 0.25) is 0 Å². The molecule has 4 heteroatoms. The Bertz CT molecular complexity index is 875. The molecule has 0 N–H and O–H groups in total. The van der Waals surface area contributed by atoms with Gasteiger partial charge in [-0.2, -0.15) is 0 Å². The van der Waals surface area contributed by atoms with Crippen LogP contribution in [0.4, 0.5) is 0 Å². The molecular formula is C18H14O4. The van der Waals surface area contributed by atoms with E-state index in [1.807, 2.05) is 37.3 Å². The van der Waals surface area contributed by atoms with Crippen LogP contribution in [0.15, 0.2) is 63.8 Å². The second-order valence-corrected chi connectivity index (χ2v) is 5.05. The summed E-state index contributed by atoms with van der Waals surface area (Å²) in [6.07, 6.45) is 0. The summed E-state index contributed by atoms with van der Waals surface area (Å²) < 4.78 is 10.3. The quantitative estimate of drug-likeness (QED) is 0.548. The number of para-hydroxylation sites is 1. The van der Waals surface area contributed by atoms with Crippen molar-refractivity contribution in [1.29, 1.82) is 0 Å². The van der Waals surface area contributed by atoms with Crippen LogP contribution in [0.25, 0.3) is 11.0 Å². The zero-order valence-electron chi connectivity index (χ0n) is 12.0. The highest BCUT2D eigenvalue weighted by atomic mass is 16.5. The van der Waals surface area contributed by atoms with Crippen molar-refractivity contribution in [3.63, 3.8) is 0 Å². The van der Waals surface area contributed by atoms with Crippen molar-refractivity contribution in [3.8, 4) is 0 Å². The van der Waals surface area contributed by atoms with Crippen LogP contribution in [0.1, 0.15) is 21.5 Å². The largest absolute Gasteiger partial charge is 0.457 e. The Morgan fingerprint density at radius 2 is 1.82 bits per heavy atom. The number of fused-ring (bicyclic) bond motifs is 1. The molecule has 0 atom stereocenters.